The molecule has 19 heavy (non-hydrogen) atoms. The largest absolute Gasteiger partial charge is 0.481 e. The molecule has 2 aromatic heterocycles. The third kappa shape index (κ3) is 4.52. The summed E-state index contributed by atoms with van der Waals surface area (Å²) >= 11 is 2.54. The van der Waals surface area contributed by atoms with Crippen molar-refractivity contribution >= 4 is 34.2 Å². The van der Waals surface area contributed by atoms with E-state index >= 15 is 0 Å². The Labute approximate surface area is 118 Å². The smallest absolute Gasteiger partial charge is 0.313 e. The monoisotopic (exact) mass is 299 g/mol. The van der Waals surface area contributed by atoms with E-state index in [0.29, 0.717) is 9.47 Å². The van der Waals surface area contributed by atoms with Crippen molar-refractivity contribution in [3.63, 3.8) is 0 Å². The van der Waals surface area contributed by atoms with Crippen molar-refractivity contribution in [3.05, 3.63) is 18.0 Å². The molecule has 0 aliphatic rings. The molecule has 0 spiro atoms. The van der Waals surface area contributed by atoms with Gasteiger partial charge in [-0.05, 0) is 12.0 Å². The number of aryl methyl sites for hydroxylation is 1. The molecule has 0 saturated heterocycles. The highest BCUT2D eigenvalue weighted by Gasteiger charge is 2.06. The molecule has 0 amide bonds. The molecule has 0 radical (unpaired) electrons. The first-order chi connectivity index (χ1) is 9.13. The number of aliphatic carboxylic acids is 1. The van der Waals surface area contributed by atoms with Crippen molar-refractivity contribution in [1.29, 1.82) is 0 Å². The molecule has 2 N–H and O–H groups in total. The minimum atomic E-state index is -0.855. The first-order valence-corrected chi connectivity index (χ1v) is 7.33. The Morgan fingerprint density at radius 2 is 2.42 bits per heavy atom. The molecule has 0 unspecified atom stereocenters. The zero-order chi connectivity index (χ0) is 13.7. The van der Waals surface area contributed by atoms with E-state index in [1.807, 2.05) is 19.4 Å². The molecule has 9 heteroatoms. The molecular weight excluding hydrogens is 286 g/mol. The first-order valence-electron chi connectivity index (χ1n) is 5.53. The Kier molecular flexibility index (Phi) is 4.74. The summed E-state index contributed by atoms with van der Waals surface area (Å²) in [6.45, 7) is 0.740. The number of nitrogens with zero attached hydrogens (tertiary/aromatic N) is 4. The van der Waals surface area contributed by atoms with Crippen LogP contribution < -0.4 is 5.32 Å². The van der Waals surface area contributed by atoms with Gasteiger partial charge < -0.3 is 10.4 Å². The van der Waals surface area contributed by atoms with Gasteiger partial charge in [0.25, 0.3) is 0 Å². The van der Waals surface area contributed by atoms with Gasteiger partial charge in [0, 0.05) is 19.8 Å². The number of aromatic nitrogens is 4. The Bertz CT molecular complexity index is 554. The number of hydrogen-bond donors (Lipinski definition) is 2. The van der Waals surface area contributed by atoms with Gasteiger partial charge in [0.05, 0.1) is 11.9 Å². The Hall–Kier alpha value is -1.61. The highest BCUT2D eigenvalue weighted by molar-refractivity contribution is 8.01. The van der Waals surface area contributed by atoms with E-state index in [1.54, 1.807) is 4.68 Å². The fraction of sp³-hybridized carbons (Fsp3) is 0.400. The van der Waals surface area contributed by atoms with Gasteiger partial charge in [0.2, 0.25) is 5.13 Å². The lowest BCUT2D eigenvalue weighted by Crippen LogP contribution is -2.03. The molecular formula is C10H13N5O2S2. The molecule has 0 fully saturated rings. The number of thioether (sulfide) groups is 1. The standard InChI is InChI=1S/C10H13N5O2S2/c1-15-5-7(4-12-15)2-3-11-9-13-14-10(19-9)18-6-8(16)17/h4-5H,2-3,6H2,1H3,(H,11,13)(H,16,17). The molecule has 0 saturated carbocycles. The van der Waals surface area contributed by atoms with Crippen LogP contribution in [0.15, 0.2) is 16.7 Å². The molecule has 0 aromatic carbocycles. The van der Waals surface area contributed by atoms with Crippen LogP contribution in [-0.4, -0.2) is 43.4 Å². The fourth-order valence-electron chi connectivity index (χ4n) is 1.38. The minimum absolute atomic E-state index is 0.00428. The molecule has 2 rings (SSSR count). The van der Waals surface area contributed by atoms with E-state index in [9.17, 15) is 4.79 Å². The Balaban J connectivity index is 1.75. The predicted molar refractivity (Wildman–Crippen MR) is 73.7 cm³/mol. The lowest BCUT2D eigenvalue weighted by Gasteiger charge is -1.98. The van der Waals surface area contributed by atoms with Gasteiger partial charge in [0.1, 0.15) is 0 Å². The van der Waals surface area contributed by atoms with E-state index in [4.69, 9.17) is 5.11 Å². The van der Waals surface area contributed by atoms with Crippen molar-refractivity contribution in [2.45, 2.75) is 10.8 Å². The number of carboxylic acids is 1. The molecule has 0 atom stereocenters. The molecule has 2 heterocycles. The van der Waals surface area contributed by atoms with Gasteiger partial charge >= 0.3 is 5.97 Å². The molecule has 0 aliphatic carbocycles. The number of anilines is 1. The summed E-state index contributed by atoms with van der Waals surface area (Å²) < 4.78 is 2.42. The van der Waals surface area contributed by atoms with Gasteiger partial charge in [0.15, 0.2) is 4.34 Å². The second-order valence-electron chi connectivity index (χ2n) is 3.75. The van der Waals surface area contributed by atoms with Crippen molar-refractivity contribution < 1.29 is 9.90 Å². The number of rotatable bonds is 7. The average Bonchev–Trinajstić information content (AvgIpc) is 2.96. The highest BCUT2D eigenvalue weighted by Crippen LogP contribution is 2.25. The molecule has 0 aliphatic heterocycles. The zero-order valence-electron chi connectivity index (χ0n) is 10.2. The third-order valence-electron chi connectivity index (χ3n) is 2.17. The normalized spacial score (nSPS) is 10.6. The van der Waals surface area contributed by atoms with Gasteiger partial charge in [-0.1, -0.05) is 23.1 Å². The van der Waals surface area contributed by atoms with Crippen LogP contribution in [0.25, 0.3) is 0 Å². The number of carbonyl (C=O) groups is 1. The molecule has 102 valence electrons. The van der Waals surface area contributed by atoms with Crippen LogP contribution >= 0.6 is 23.1 Å². The lowest BCUT2D eigenvalue weighted by atomic mass is 10.2. The zero-order valence-corrected chi connectivity index (χ0v) is 11.9. The fourth-order valence-corrected chi connectivity index (χ4v) is 2.88. The maximum atomic E-state index is 10.4. The quantitative estimate of drug-likeness (QED) is 0.739. The summed E-state index contributed by atoms with van der Waals surface area (Å²) in [7, 11) is 1.88. The van der Waals surface area contributed by atoms with Crippen LogP contribution in [0.1, 0.15) is 5.56 Å². The van der Waals surface area contributed by atoms with Gasteiger partial charge in [-0.2, -0.15) is 5.10 Å². The summed E-state index contributed by atoms with van der Waals surface area (Å²) in [5.74, 6) is -0.851. The number of carboxylic acid groups (broad SMARTS) is 1. The second-order valence-corrected chi connectivity index (χ2v) is 5.95. The van der Waals surface area contributed by atoms with Crippen molar-refractivity contribution in [1.82, 2.24) is 20.0 Å². The summed E-state index contributed by atoms with van der Waals surface area (Å²) in [4.78, 5) is 10.4. The second kappa shape index (κ2) is 6.53. The minimum Gasteiger partial charge on any atom is -0.481 e. The number of nitrogens with one attached hydrogen (secondary N) is 1. The maximum absolute atomic E-state index is 10.4. The Morgan fingerprint density at radius 1 is 1.58 bits per heavy atom. The van der Waals surface area contributed by atoms with Crippen LogP contribution in [0.2, 0.25) is 0 Å². The van der Waals surface area contributed by atoms with E-state index < -0.39 is 5.97 Å². The van der Waals surface area contributed by atoms with E-state index in [2.05, 4.69) is 20.6 Å². The summed E-state index contributed by atoms with van der Waals surface area (Å²) in [5.41, 5.74) is 1.15. The van der Waals surface area contributed by atoms with Crippen LogP contribution in [-0.2, 0) is 18.3 Å². The predicted octanol–water partition coefficient (Wildman–Crippen LogP) is 1.10. The summed E-state index contributed by atoms with van der Waals surface area (Å²) in [6, 6.07) is 0. The molecule has 2 aromatic rings. The van der Waals surface area contributed by atoms with Crippen molar-refractivity contribution in [3.8, 4) is 0 Å². The maximum Gasteiger partial charge on any atom is 0.313 e. The number of hydrogen-bond acceptors (Lipinski definition) is 7. The van der Waals surface area contributed by atoms with Crippen LogP contribution in [0.4, 0.5) is 5.13 Å². The Morgan fingerprint density at radius 3 is 3.11 bits per heavy atom. The van der Waals surface area contributed by atoms with E-state index in [1.165, 1.54) is 23.1 Å². The molecule has 7 nitrogen and oxygen atoms in total. The molecule has 0 bridgehead atoms. The first kappa shape index (κ1) is 13.8. The van der Waals surface area contributed by atoms with Crippen LogP contribution in [0, 0.1) is 0 Å². The average molecular weight is 299 g/mol. The third-order valence-corrected chi connectivity index (χ3v) is 4.17. The summed E-state index contributed by atoms with van der Waals surface area (Å²) in [5, 5.41) is 24.4. The lowest BCUT2D eigenvalue weighted by molar-refractivity contribution is -0.133. The van der Waals surface area contributed by atoms with Crippen molar-refractivity contribution in [2.75, 3.05) is 17.6 Å². The van der Waals surface area contributed by atoms with Crippen LogP contribution in [0.3, 0.4) is 0 Å². The summed E-state index contributed by atoms with van der Waals surface area (Å²) in [6.07, 6.45) is 4.65. The topological polar surface area (TPSA) is 92.9 Å². The van der Waals surface area contributed by atoms with E-state index in [0.717, 1.165) is 18.5 Å². The van der Waals surface area contributed by atoms with E-state index in [-0.39, 0.29) is 5.75 Å². The highest BCUT2D eigenvalue weighted by atomic mass is 32.2. The SMILES string of the molecule is Cn1cc(CCNc2nnc(SCC(=O)O)s2)cn1. The van der Waals surface area contributed by atoms with Crippen molar-refractivity contribution in [2.24, 2.45) is 7.05 Å². The van der Waals surface area contributed by atoms with Gasteiger partial charge in [-0.3, -0.25) is 9.48 Å². The van der Waals surface area contributed by atoms with Crippen LogP contribution in [0.5, 0.6) is 0 Å². The van der Waals surface area contributed by atoms with Gasteiger partial charge in [-0.25, -0.2) is 0 Å². The van der Waals surface area contributed by atoms with Gasteiger partial charge in [-0.15, -0.1) is 10.2 Å².